The third kappa shape index (κ3) is 5.31. The van der Waals surface area contributed by atoms with Gasteiger partial charge in [0.15, 0.2) is 0 Å². The van der Waals surface area contributed by atoms with Crippen LogP contribution in [-0.4, -0.2) is 26.2 Å². The molecule has 116 valence electrons. The summed E-state index contributed by atoms with van der Waals surface area (Å²) in [6.45, 7) is 2.83. The number of carbonyl (C=O) groups excluding carboxylic acids is 1. The summed E-state index contributed by atoms with van der Waals surface area (Å²) in [4.78, 5) is 11.3. The zero-order chi connectivity index (χ0) is 15.6. The van der Waals surface area contributed by atoms with Crippen LogP contribution in [0.2, 0.25) is 0 Å². The van der Waals surface area contributed by atoms with Crippen LogP contribution in [0.1, 0.15) is 21.5 Å². The molecule has 2 rings (SSSR count). The molecule has 0 spiro atoms. The molecule has 4 heteroatoms. The lowest BCUT2D eigenvalue weighted by Crippen LogP contribution is -2.19. The van der Waals surface area contributed by atoms with Gasteiger partial charge < -0.3 is 14.8 Å². The van der Waals surface area contributed by atoms with Crippen molar-refractivity contribution in [3.8, 4) is 0 Å². The maximum atomic E-state index is 11.3. The maximum Gasteiger partial charge on any atom is 0.337 e. The summed E-state index contributed by atoms with van der Waals surface area (Å²) >= 11 is 0. The predicted octanol–water partition coefficient (Wildman–Crippen LogP) is 2.78. The fraction of sp³-hybridized carbons (Fsp3) is 0.278. The Balaban J connectivity index is 1.61. The molecule has 0 fully saturated rings. The minimum Gasteiger partial charge on any atom is -0.465 e. The summed E-state index contributed by atoms with van der Waals surface area (Å²) < 4.78 is 10.3. The summed E-state index contributed by atoms with van der Waals surface area (Å²) in [5.41, 5.74) is 2.85. The van der Waals surface area contributed by atoms with Crippen molar-refractivity contribution in [1.82, 2.24) is 5.32 Å². The number of carbonyl (C=O) groups is 1. The number of benzene rings is 2. The van der Waals surface area contributed by atoms with E-state index in [1.54, 1.807) is 12.1 Å². The van der Waals surface area contributed by atoms with E-state index < -0.39 is 0 Å². The zero-order valence-electron chi connectivity index (χ0n) is 12.7. The fourth-order valence-electron chi connectivity index (χ4n) is 2.02. The van der Waals surface area contributed by atoms with Crippen LogP contribution in [0.15, 0.2) is 54.6 Å². The summed E-state index contributed by atoms with van der Waals surface area (Å²) in [5.74, 6) is -0.322. The van der Waals surface area contributed by atoms with E-state index in [9.17, 15) is 4.79 Å². The Labute approximate surface area is 131 Å². The molecule has 0 aromatic heterocycles. The van der Waals surface area contributed by atoms with Gasteiger partial charge in [0.25, 0.3) is 0 Å². The highest BCUT2D eigenvalue weighted by Gasteiger charge is 2.04. The molecule has 0 aliphatic heterocycles. The van der Waals surface area contributed by atoms with Gasteiger partial charge in [0.1, 0.15) is 0 Å². The van der Waals surface area contributed by atoms with Crippen molar-refractivity contribution in [2.75, 3.05) is 20.3 Å². The van der Waals surface area contributed by atoms with E-state index in [1.807, 2.05) is 30.3 Å². The van der Waals surface area contributed by atoms with E-state index in [0.29, 0.717) is 18.8 Å². The van der Waals surface area contributed by atoms with Crippen LogP contribution in [0.3, 0.4) is 0 Å². The van der Waals surface area contributed by atoms with Gasteiger partial charge in [0.2, 0.25) is 0 Å². The number of hydrogen-bond acceptors (Lipinski definition) is 4. The first-order chi connectivity index (χ1) is 10.8. The molecular weight excluding hydrogens is 278 g/mol. The second kappa shape index (κ2) is 8.97. The molecule has 0 amide bonds. The lowest BCUT2D eigenvalue weighted by molar-refractivity contribution is 0.0600. The third-order valence-electron chi connectivity index (χ3n) is 3.24. The topological polar surface area (TPSA) is 47.6 Å². The van der Waals surface area contributed by atoms with Crippen LogP contribution in [0.25, 0.3) is 0 Å². The third-order valence-corrected chi connectivity index (χ3v) is 3.24. The van der Waals surface area contributed by atoms with Crippen LogP contribution in [-0.2, 0) is 22.6 Å². The van der Waals surface area contributed by atoms with E-state index in [2.05, 4.69) is 22.2 Å². The highest BCUT2D eigenvalue weighted by atomic mass is 16.5. The largest absolute Gasteiger partial charge is 0.465 e. The molecule has 0 aliphatic carbocycles. The Hall–Kier alpha value is -2.17. The van der Waals surface area contributed by atoms with Gasteiger partial charge in [-0.25, -0.2) is 4.79 Å². The molecule has 0 bridgehead atoms. The van der Waals surface area contributed by atoms with Crippen LogP contribution < -0.4 is 5.32 Å². The SMILES string of the molecule is COC(=O)c1ccc(COCCNCc2ccccc2)cc1. The normalized spacial score (nSPS) is 10.4. The average molecular weight is 299 g/mol. The molecule has 0 radical (unpaired) electrons. The molecule has 0 saturated carbocycles. The lowest BCUT2D eigenvalue weighted by atomic mass is 10.1. The van der Waals surface area contributed by atoms with Crippen LogP contribution in [0.5, 0.6) is 0 Å². The van der Waals surface area contributed by atoms with Gasteiger partial charge in [-0.15, -0.1) is 0 Å². The van der Waals surface area contributed by atoms with Crippen molar-refractivity contribution in [2.45, 2.75) is 13.2 Å². The first-order valence-corrected chi connectivity index (χ1v) is 7.29. The van der Waals surface area contributed by atoms with Crippen molar-refractivity contribution in [1.29, 1.82) is 0 Å². The molecule has 0 saturated heterocycles. The van der Waals surface area contributed by atoms with Crippen molar-refractivity contribution in [2.24, 2.45) is 0 Å². The second-order valence-corrected chi connectivity index (χ2v) is 4.90. The van der Waals surface area contributed by atoms with Crippen molar-refractivity contribution in [3.63, 3.8) is 0 Å². The number of nitrogens with one attached hydrogen (secondary N) is 1. The van der Waals surface area contributed by atoms with Gasteiger partial charge >= 0.3 is 5.97 Å². The lowest BCUT2D eigenvalue weighted by Gasteiger charge is -2.07. The van der Waals surface area contributed by atoms with Crippen LogP contribution in [0, 0.1) is 0 Å². The highest BCUT2D eigenvalue weighted by Crippen LogP contribution is 2.06. The van der Waals surface area contributed by atoms with Crippen LogP contribution >= 0.6 is 0 Å². The summed E-state index contributed by atoms with van der Waals surface area (Å²) in [6.07, 6.45) is 0. The molecule has 4 nitrogen and oxygen atoms in total. The van der Waals surface area contributed by atoms with E-state index in [1.165, 1.54) is 12.7 Å². The Morgan fingerprint density at radius 1 is 1.00 bits per heavy atom. The number of ether oxygens (including phenoxy) is 2. The molecule has 1 N–H and O–H groups in total. The molecule has 2 aromatic carbocycles. The number of hydrogen-bond donors (Lipinski definition) is 1. The van der Waals surface area contributed by atoms with Gasteiger partial charge in [0.05, 0.1) is 25.9 Å². The van der Waals surface area contributed by atoms with Gasteiger partial charge in [-0.05, 0) is 23.3 Å². The quantitative estimate of drug-likeness (QED) is 0.601. The first kappa shape index (κ1) is 16.2. The number of esters is 1. The molecule has 0 aliphatic rings. The number of rotatable bonds is 8. The van der Waals surface area contributed by atoms with E-state index >= 15 is 0 Å². The average Bonchev–Trinajstić information content (AvgIpc) is 2.58. The predicted molar refractivity (Wildman–Crippen MR) is 85.6 cm³/mol. The molecule has 2 aromatic rings. The highest BCUT2D eigenvalue weighted by molar-refractivity contribution is 5.89. The van der Waals surface area contributed by atoms with Crippen LogP contribution in [0.4, 0.5) is 0 Å². The Kier molecular flexibility index (Phi) is 6.61. The molecule has 0 heterocycles. The van der Waals surface area contributed by atoms with Gasteiger partial charge in [0, 0.05) is 13.1 Å². The second-order valence-electron chi connectivity index (χ2n) is 4.90. The van der Waals surface area contributed by atoms with Crippen molar-refractivity contribution >= 4 is 5.97 Å². The number of methoxy groups -OCH3 is 1. The summed E-state index contributed by atoms with van der Waals surface area (Å²) in [6, 6.07) is 17.5. The molecular formula is C18H21NO3. The standard InChI is InChI=1S/C18H21NO3/c1-21-18(20)17-9-7-16(8-10-17)14-22-12-11-19-13-15-5-3-2-4-6-15/h2-10,19H,11-14H2,1H3. The summed E-state index contributed by atoms with van der Waals surface area (Å²) in [7, 11) is 1.38. The fourth-order valence-corrected chi connectivity index (χ4v) is 2.02. The van der Waals surface area contributed by atoms with Gasteiger partial charge in [-0.2, -0.15) is 0 Å². The monoisotopic (exact) mass is 299 g/mol. The Morgan fingerprint density at radius 2 is 1.73 bits per heavy atom. The minimum absolute atomic E-state index is 0.322. The van der Waals surface area contributed by atoms with Gasteiger partial charge in [-0.1, -0.05) is 42.5 Å². The maximum absolute atomic E-state index is 11.3. The Morgan fingerprint density at radius 3 is 2.41 bits per heavy atom. The van der Waals surface area contributed by atoms with Crippen molar-refractivity contribution in [3.05, 3.63) is 71.3 Å². The molecule has 0 atom stereocenters. The minimum atomic E-state index is -0.322. The Bertz CT molecular complexity index is 567. The van der Waals surface area contributed by atoms with E-state index in [4.69, 9.17) is 4.74 Å². The van der Waals surface area contributed by atoms with E-state index in [-0.39, 0.29) is 5.97 Å². The molecule has 22 heavy (non-hydrogen) atoms. The summed E-state index contributed by atoms with van der Waals surface area (Å²) in [5, 5.41) is 3.33. The first-order valence-electron chi connectivity index (χ1n) is 7.29. The zero-order valence-corrected chi connectivity index (χ0v) is 12.7. The van der Waals surface area contributed by atoms with E-state index in [0.717, 1.165) is 18.7 Å². The van der Waals surface area contributed by atoms with Crippen molar-refractivity contribution < 1.29 is 14.3 Å². The smallest absolute Gasteiger partial charge is 0.337 e. The molecule has 0 unspecified atom stereocenters. The van der Waals surface area contributed by atoms with Gasteiger partial charge in [-0.3, -0.25) is 0 Å².